The van der Waals surface area contributed by atoms with E-state index in [-0.39, 0.29) is 11.3 Å². The average Bonchev–Trinajstić information content (AvgIpc) is 2.84. The molecule has 1 atom stereocenters. The smallest absolute Gasteiger partial charge is 0.263 e. The average molecular weight is 483 g/mol. The van der Waals surface area contributed by atoms with Gasteiger partial charge in [-0.05, 0) is 59.2 Å². The fourth-order valence-electron chi connectivity index (χ4n) is 4.45. The summed E-state index contributed by atoms with van der Waals surface area (Å²) in [5.41, 5.74) is 1.99. The van der Waals surface area contributed by atoms with E-state index in [9.17, 15) is 14.7 Å². The Kier molecular flexibility index (Phi) is 6.01. The molecule has 0 aliphatic heterocycles. The number of Topliss-reactive ketones (excluding diaryl/α,β-unsaturated/α-hetero) is 1. The third-order valence-corrected chi connectivity index (χ3v) is 6.48. The summed E-state index contributed by atoms with van der Waals surface area (Å²) in [5, 5.41) is 17.5. The van der Waals surface area contributed by atoms with Crippen molar-refractivity contribution < 1.29 is 9.90 Å². The summed E-state index contributed by atoms with van der Waals surface area (Å²) in [5.74, 6) is -0.787. The predicted octanol–water partition coefficient (Wildman–Crippen LogP) is 6.25. The van der Waals surface area contributed by atoms with E-state index in [0.717, 1.165) is 27.6 Å². The number of pyridine rings is 1. The summed E-state index contributed by atoms with van der Waals surface area (Å²) >= 11 is 6.04. The van der Waals surface area contributed by atoms with Gasteiger partial charge in [0, 0.05) is 22.5 Å². The largest absolute Gasteiger partial charge is 0.506 e. The first-order valence-electron chi connectivity index (χ1n) is 11.3. The molecule has 0 spiro atoms. The predicted molar refractivity (Wildman–Crippen MR) is 142 cm³/mol. The standard InChI is InChI=1S/C29H23ClN2O3/c1-17-5-4-8-23-25(17)28(34)26(29(35)32-23)27(33)24(15-18-9-12-21(30)13-10-18)31-22-14-11-19-6-2-3-7-20(19)16-22/h2-14,16,24,31H,15H2,1H3,(H2,32,34,35). The van der Waals surface area contributed by atoms with Gasteiger partial charge in [-0.25, -0.2) is 0 Å². The molecule has 0 saturated heterocycles. The van der Waals surface area contributed by atoms with Crippen LogP contribution in [0, 0.1) is 6.92 Å². The van der Waals surface area contributed by atoms with Crippen molar-refractivity contribution in [3.63, 3.8) is 0 Å². The van der Waals surface area contributed by atoms with Gasteiger partial charge in [-0.2, -0.15) is 0 Å². The molecule has 0 bridgehead atoms. The maximum atomic E-state index is 13.8. The molecule has 0 amide bonds. The van der Waals surface area contributed by atoms with Gasteiger partial charge in [0.1, 0.15) is 11.3 Å². The number of nitrogens with one attached hydrogen (secondary N) is 2. The van der Waals surface area contributed by atoms with E-state index < -0.39 is 17.4 Å². The number of H-pyrrole nitrogens is 1. The molecule has 5 aromatic rings. The Labute approximate surface area is 207 Å². The van der Waals surface area contributed by atoms with Crippen LogP contribution in [0.3, 0.4) is 0 Å². The van der Waals surface area contributed by atoms with Crippen LogP contribution in [0.25, 0.3) is 21.7 Å². The topological polar surface area (TPSA) is 82.2 Å². The molecule has 1 aromatic heterocycles. The number of aryl methyl sites for hydroxylation is 1. The van der Waals surface area contributed by atoms with Gasteiger partial charge < -0.3 is 15.4 Å². The van der Waals surface area contributed by atoms with Crippen molar-refractivity contribution in [3.8, 4) is 5.75 Å². The fraction of sp³-hybridized carbons (Fsp3) is 0.103. The lowest BCUT2D eigenvalue weighted by atomic mass is 9.95. The highest BCUT2D eigenvalue weighted by molar-refractivity contribution is 6.30. The highest BCUT2D eigenvalue weighted by Crippen LogP contribution is 2.30. The number of carbonyl (C=O) groups is 1. The van der Waals surface area contributed by atoms with Crippen molar-refractivity contribution in [2.45, 2.75) is 19.4 Å². The number of aromatic nitrogens is 1. The van der Waals surface area contributed by atoms with Crippen molar-refractivity contribution in [1.82, 2.24) is 4.98 Å². The second-order valence-corrected chi connectivity index (χ2v) is 9.07. The molecule has 0 aliphatic carbocycles. The fourth-order valence-corrected chi connectivity index (χ4v) is 4.58. The van der Waals surface area contributed by atoms with Crippen molar-refractivity contribution in [2.24, 2.45) is 0 Å². The Morgan fingerprint density at radius 2 is 1.71 bits per heavy atom. The number of carbonyl (C=O) groups excluding carboxylic acids is 1. The first-order chi connectivity index (χ1) is 16.9. The molecule has 35 heavy (non-hydrogen) atoms. The maximum absolute atomic E-state index is 13.8. The molecule has 1 unspecified atom stereocenters. The molecule has 0 aliphatic rings. The number of fused-ring (bicyclic) bond motifs is 2. The molecule has 5 nitrogen and oxygen atoms in total. The molecule has 3 N–H and O–H groups in total. The number of hydrogen-bond acceptors (Lipinski definition) is 4. The van der Waals surface area contributed by atoms with Crippen LogP contribution in [0.4, 0.5) is 5.69 Å². The van der Waals surface area contributed by atoms with E-state index in [1.165, 1.54) is 0 Å². The van der Waals surface area contributed by atoms with Crippen LogP contribution in [-0.4, -0.2) is 21.9 Å². The Bertz CT molecular complexity index is 1620. The summed E-state index contributed by atoms with van der Waals surface area (Å²) < 4.78 is 0. The zero-order chi connectivity index (χ0) is 24.5. The zero-order valence-corrected chi connectivity index (χ0v) is 19.8. The van der Waals surface area contributed by atoms with Gasteiger partial charge in [-0.15, -0.1) is 0 Å². The Hall–Kier alpha value is -4.09. The number of aromatic hydroxyl groups is 1. The minimum absolute atomic E-state index is 0.251. The van der Waals surface area contributed by atoms with Gasteiger partial charge in [0.2, 0.25) is 0 Å². The SMILES string of the molecule is Cc1cccc2[nH]c(=O)c(C(=O)C(Cc3ccc(Cl)cc3)Nc3ccc4ccccc4c3)c(O)c12. The lowest BCUT2D eigenvalue weighted by Gasteiger charge is -2.20. The van der Waals surface area contributed by atoms with E-state index >= 15 is 0 Å². The highest BCUT2D eigenvalue weighted by Gasteiger charge is 2.28. The molecular weight excluding hydrogens is 460 g/mol. The molecular formula is C29H23ClN2O3. The van der Waals surface area contributed by atoms with Crippen LogP contribution < -0.4 is 10.9 Å². The van der Waals surface area contributed by atoms with Crippen LogP contribution in [0.15, 0.2) is 89.7 Å². The van der Waals surface area contributed by atoms with E-state index in [0.29, 0.717) is 22.3 Å². The van der Waals surface area contributed by atoms with Crippen LogP contribution in [0.5, 0.6) is 5.75 Å². The lowest BCUT2D eigenvalue weighted by molar-refractivity contribution is 0.0965. The maximum Gasteiger partial charge on any atom is 0.263 e. The zero-order valence-electron chi connectivity index (χ0n) is 19.0. The van der Waals surface area contributed by atoms with Gasteiger partial charge >= 0.3 is 0 Å². The van der Waals surface area contributed by atoms with Crippen LogP contribution in [-0.2, 0) is 6.42 Å². The monoisotopic (exact) mass is 482 g/mol. The van der Waals surface area contributed by atoms with E-state index in [2.05, 4.69) is 10.3 Å². The molecule has 5 rings (SSSR count). The number of ketones is 1. The minimum atomic E-state index is -0.800. The third-order valence-electron chi connectivity index (χ3n) is 6.23. The van der Waals surface area contributed by atoms with Gasteiger partial charge in [0.25, 0.3) is 5.56 Å². The highest BCUT2D eigenvalue weighted by atomic mass is 35.5. The summed E-state index contributed by atoms with van der Waals surface area (Å²) in [6, 6.07) is 25.5. The van der Waals surface area contributed by atoms with Crippen molar-refractivity contribution in [3.05, 3.63) is 117 Å². The Morgan fingerprint density at radius 1 is 0.971 bits per heavy atom. The number of anilines is 1. The quantitative estimate of drug-likeness (QED) is 0.250. The molecule has 0 fully saturated rings. The van der Waals surface area contributed by atoms with Gasteiger partial charge in [-0.3, -0.25) is 9.59 Å². The Balaban J connectivity index is 1.59. The lowest BCUT2D eigenvalue weighted by Crippen LogP contribution is -2.35. The number of rotatable bonds is 6. The normalized spacial score (nSPS) is 12.1. The molecule has 4 aromatic carbocycles. The number of benzene rings is 4. The second kappa shape index (κ2) is 9.28. The molecule has 0 saturated carbocycles. The van der Waals surface area contributed by atoms with Crippen LogP contribution >= 0.6 is 11.6 Å². The summed E-state index contributed by atoms with van der Waals surface area (Å²) in [4.78, 5) is 29.5. The molecule has 6 heteroatoms. The van der Waals surface area contributed by atoms with E-state index in [1.54, 1.807) is 24.3 Å². The third kappa shape index (κ3) is 4.51. The summed E-state index contributed by atoms with van der Waals surface area (Å²) in [7, 11) is 0. The van der Waals surface area contributed by atoms with Crippen LogP contribution in [0.1, 0.15) is 21.5 Å². The molecule has 174 valence electrons. The van der Waals surface area contributed by atoms with Crippen LogP contribution in [0.2, 0.25) is 5.02 Å². The van der Waals surface area contributed by atoms with Crippen molar-refractivity contribution in [1.29, 1.82) is 0 Å². The van der Waals surface area contributed by atoms with Gasteiger partial charge in [-0.1, -0.05) is 66.2 Å². The van der Waals surface area contributed by atoms with Gasteiger partial charge in [0.05, 0.1) is 11.6 Å². The first kappa shape index (κ1) is 22.7. The van der Waals surface area contributed by atoms with Crippen molar-refractivity contribution >= 4 is 44.7 Å². The number of halogens is 1. The second-order valence-electron chi connectivity index (χ2n) is 8.63. The van der Waals surface area contributed by atoms with E-state index in [1.807, 2.05) is 67.6 Å². The van der Waals surface area contributed by atoms with E-state index in [4.69, 9.17) is 11.6 Å². The van der Waals surface area contributed by atoms with Gasteiger partial charge in [0.15, 0.2) is 5.78 Å². The number of hydrogen-bond donors (Lipinski definition) is 3. The Morgan fingerprint density at radius 3 is 2.49 bits per heavy atom. The summed E-state index contributed by atoms with van der Waals surface area (Å²) in [6.45, 7) is 1.83. The summed E-state index contributed by atoms with van der Waals surface area (Å²) in [6.07, 6.45) is 0.299. The number of aromatic amines is 1. The first-order valence-corrected chi connectivity index (χ1v) is 11.7. The minimum Gasteiger partial charge on any atom is -0.506 e. The molecule has 1 heterocycles. The van der Waals surface area contributed by atoms with Crippen molar-refractivity contribution in [2.75, 3.05) is 5.32 Å². The molecule has 0 radical (unpaired) electrons.